The third-order valence-corrected chi connectivity index (χ3v) is 4.78. The van der Waals surface area contributed by atoms with E-state index in [0.29, 0.717) is 26.3 Å². The van der Waals surface area contributed by atoms with Crippen molar-refractivity contribution in [3.8, 4) is 0 Å². The summed E-state index contributed by atoms with van der Waals surface area (Å²) in [5, 5.41) is 1.02. The first-order chi connectivity index (χ1) is 10.7. The Morgan fingerprint density at radius 2 is 1.86 bits per heavy atom. The van der Waals surface area contributed by atoms with Gasteiger partial charge in [0.15, 0.2) is 5.79 Å². The van der Waals surface area contributed by atoms with E-state index in [1.54, 1.807) is 0 Å². The van der Waals surface area contributed by atoms with Crippen LogP contribution >= 0.6 is 0 Å². The fourth-order valence-corrected chi connectivity index (χ4v) is 3.50. The van der Waals surface area contributed by atoms with Crippen molar-refractivity contribution < 1.29 is 14.3 Å². The summed E-state index contributed by atoms with van der Waals surface area (Å²) in [7, 11) is 2.00. The van der Waals surface area contributed by atoms with Crippen LogP contribution in [0.2, 0.25) is 0 Å². The standard InChI is InChI=1S/C17H20N2O3/c1-18-8-5-13-14(3-2-4-15(13)18)16(20)19-9-6-17(7-10-19)21-11-12-22-17/h2-5,8H,6-7,9-12H2,1H3. The van der Waals surface area contributed by atoms with Gasteiger partial charge in [-0.1, -0.05) is 6.07 Å². The van der Waals surface area contributed by atoms with E-state index in [1.807, 2.05) is 47.0 Å². The number of fused-ring (bicyclic) bond motifs is 1. The van der Waals surface area contributed by atoms with E-state index in [2.05, 4.69) is 0 Å². The molecule has 1 amide bonds. The molecule has 1 spiro atoms. The summed E-state index contributed by atoms with van der Waals surface area (Å²) in [4.78, 5) is 14.8. The van der Waals surface area contributed by atoms with Gasteiger partial charge in [0.2, 0.25) is 0 Å². The lowest BCUT2D eigenvalue weighted by atomic mass is 10.0. The Balaban J connectivity index is 1.57. The zero-order valence-corrected chi connectivity index (χ0v) is 12.7. The predicted octanol–water partition coefficient (Wildman–Crippen LogP) is 2.16. The van der Waals surface area contributed by atoms with Gasteiger partial charge in [0.25, 0.3) is 5.91 Å². The number of likely N-dealkylation sites (tertiary alicyclic amines) is 1. The van der Waals surface area contributed by atoms with Crippen LogP contribution in [-0.4, -0.2) is 47.5 Å². The number of ether oxygens (including phenoxy) is 2. The summed E-state index contributed by atoms with van der Waals surface area (Å²) in [5.41, 5.74) is 1.86. The van der Waals surface area contributed by atoms with Crippen molar-refractivity contribution in [3.63, 3.8) is 0 Å². The van der Waals surface area contributed by atoms with Crippen LogP contribution < -0.4 is 0 Å². The molecule has 0 unspecified atom stereocenters. The number of aryl methyl sites for hydroxylation is 1. The van der Waals surface area contributed by atoms with E-state index >= 15 is 0 Å². The average Bonchev–Trinajstić information content (AvgIpc) is 3.15. The minimum atomic E-state index is -0.435. The van der Waals surface area contributed by atoms with Crippen molar-refractivity contribution in [2.24, 2.45) is 7.05 Å². The number of carbonyl (C=O) groups excluding carboxylic acids is 1. The normalized spacial score (nSPS) is 20.9. The van der Waals surface area contributed by atoms with Gasteiger partial charge in [0.1, 0.15) is 0 Å². The molecule has 2 aliphatic rings. The van der Waals surface area contributed by atoms with E-state index in [0.717, 1.165) is 29.3 Å². The van der Waals surface area contributed by atoms with E-state index in [9.17, 15) is 4.79 Å². The van der Waals surface area contributed by atoms with Crippen LogP contribution in [0.5, 0.6) is 0 Å². The first-order valence-electron chi connectivity index (χ1n) is 7.80. The van der Waals surface area contributed by atoms with Gasteiger partial charge in [-0.2, -0.15) is 0 Å². The highest BCUT2D eigenvalue weighted by Gasteiger charge is 2.41. The molecule has 0 atom stereocenters. The highest BCUT2D eigenvalue weighted by molar-refractivity contribution is 6.06. The number of rotatable bonds is 1. The zero-order valence-electron chi connectivity index (χ0n) is 12.7. The Bertz CT molecular complexity index is 706. The Kier molecular flexibility index (Phi) is 3.20. The van der Waals surface area contributed by atoms with Crippen molar-refractivity contribution in [1.29, 1.82) is 0 Å². The molecular weight excluding hydrogens is 280 g/mol. The van der Waals surface area contributed by atoms with E-state index in [-0.39, 0.29) is 5.91 Å². The molecule has 1 aromatic carbocycles. The Hall–Kier alpha value is -1.85. The minimum Gasteiger partial charge on any atom is -0.351 e. The largest absolute Gasteiger partial charge is 0.351 e. The molecule has 22 heavy (non-hydrogen) atoms. The second-order valence-corrected chi connectivity index (χ2v) is 6.06. The third kappa shape index (κ3) is 2.12. The number of nitrogens with zero attached hydrogens (tertiary/aromatic N) is 2. The first-order valence-corrected chi connectivity index (χ1v) is 7.80. The van der Waals surface area contributed by atoms with Crippen molar-refractivity contribution >= 4 is 16.8 Å². The maximum atomic E-state index is 12.9. The van der Waals surface area contributed by atoms with Gasteiger partial charge in [-0.05, 0) is 18.2 Å². The number of hydrogen-bond donors (Lipinski definition) is 0. The van der Waals surface area contributed by atoms with Crippen LogP contribution in [-0.2, 0) is 16.5 Å². The number of aromatic nitrogens is 1. The monoisotopic (exact) mass is 300 g/mol. The number of benzene rings is 1. The molecule has 0 bridgehead atoms. The number of hydrogen-bond acceptors (Lipinski definition) is 3. The molecule has 5 heteroatoms. The molecule has 2 aromatic rings. The van der Waals surface area contributed by atoms with Gasteiger partial charge in [0.05, 0.1) is 13.2 Å². The van der Waals surface area contributed by atoms with Crippen LogP contribution in [0, 0.1) is 0 Å². The molecule has 0 radical (unpaired) electrons. The lowest BCUT2D eigenvalue weighted by molar-refractivity contribution is -0.181. The summed E-state index contributed by atoms with van der Waals surface area (Å²) >= 11 is 0. The Morgan fingerprint density at radius 1 is 1.14 bits per heavy atom. The van der Waals surface area contributed by atoms with Gasteiger partial charge >= 0.3 is 0 Å². The molecule has 0 N–H and O–H groups in total. The summed E-state index contributed by atoms with van der Waals surface area (Å²) in [6.07, 6.45) is 3.50. The fourth-order valence-electron chi connectivity index (χ4n) is 3.50. The van der Waals surface area contributed by atoms with Gasteiger partial charge < -0.3 is 18.9 Å². The third-order valence-electron chi connectivity index (χ3n) is 4.78. The molecular formula is C17H20N2O3. The summed E-state index contributed by atoms with van der Waals surface area (Å²) in [5.74, 6) is -0.333. The SMILES string of the molecule is Cn1ccc2c(C(=O)N3CCC4(CC3)OCCO4)cccc21. The Morgan fingerprint density at radius 3 is 2.59 bits per heavy atom. The summed E-state index contributed by atoms with van der Waals surface area (Å²) in [6.45, 7) is 2.69. The van der Waals surface area contributed by atoms with Crippen molar-refractivity contribution in [1.82, 2.24) is 9.47 Å². The van der Waals surface area contributed by atoms with Crippen molar-refractivity contribution in [2.45, 2.75) is 18.6 Å². The van der Waals surface area contributed by atoms with Crippen LogP contribution in [0.15, 0.2) is 30.5 Å². The highest BCUT2D eigenvalue weighted by Crippen LogP contribution is 2.32. The molecule has 4 rings (SSSR count). The van der Waals surface area contributed by atoms with Crippen LogP contribution in [0.25, 0.3) is 10.9 Å². The van der Waals surface area contributed by atoms with Gasteiger partial charge in [-0.3, -0.25) is 4.79 Å². The minimum absolute atomic E-state index is 0.102. The molecule has 0 saturated carbocycles. The highest BCUT2D eigenvalue weighted by atomic mass is 16.7. The van der Waals surface area contributed by atoms with E-state index in [1.165, 1.54) is 0 Å². The molecule has 0 aliphatic carbocycles. The first kappa shape index (κ1) is 13.8. The van der Waals surface area contributed by atoms with Gasteiger partial charge in [-0.25, -0.2) is 0 Å². The smallest absolute Gasteiger partial charge is 0.254 e. The average molecular weight is 300 g/mol. The van der Waals surface area contributed by atoms with E-state index in [4.69, 9.17) is 9.47 Å². The van der Waals surface area contributed by atoms with Crippen LogP contribution in [0.4, 0.5) is 0 Å². The zero-order chi connectivity index (χ0) is 15.2. The summed E-state index contributed by atoms with van der Waals surface area (Å²) in [6, 6.07) is 7.91. The second kappa shape index (κ2) is 5.11. The van der Waals surface area contributed by atoms with E-state index < -0.39 is 5.79 Å². The number of amides is 1. The second-order valence-electron chi connectivity index (χ2n) is 6.06. The van der Waals surface area contributed by atoms with Crippen LogP contribution in [0.1, 0.15) is 23.2 Å². The predicted molar refractivity (Wildman–Crippen MR) is 82.7 cm³/mol. The maximum absolute atomic E-state index is 12.9. The van der Waals surface area contributed by atoms with Crippen molar-refractivity contribution in [2.75, 3.05) is 26.3 Å². The Labute approximate surface area is 129 Å². The van der Waals surface area contributed by atoms with Crippen molar-refractivity contribution in [3.05, 3.63) is 36.0 Å². The maximum Gasteiger partial charge on any atom is 0.254 e. The quantitative estimate of drug-likeness (QED) is 0.810. The van der Waals surface area contributed by atoms with Gasteiger partial charge in [0, 0.05) is 55.6 Å². The molecule has 1 aromatic heterocycles. The molecule has 2 saturated heterocycles. The van der Waals surface area contributed by atoms with Crippen LogP contribution in [0.3, 0.4) is 0 Å². The lowest BCUT2D eigenvalue weighted by Crippen LogP contribution is -2.47. The molecule has 5 nitrogen and oxygen atoms in total. The molecule has 116 valence electrons. The van der Waals surface area contributed by atoms with Gasteiger partial charge in [-0.15, -0.1) is 0 Å². The fraction of sp³-hybridized carbons (Fsp3) is 0.471. The summed E-state index contributed by atoms with van der Waals surface area (Å²) < 4.78 is 13.5. The number of carbonyl (C=O) groups is 1. The lowest BCUT2D eigenvalue weighted by Gasteiger charge is -2.37. The molecule has 2 aliphatic heterocycles. The molecule has 2 fully saturated rings. The topological polar surface area (TPSA) is 43.7 Å². The molecule has 3 heterocycles. The number of piperidine rings is 1.